The number of hydrogen-bond acceptors (Lipinski definition) is 3. The minimum atomic E-state index is 0.0760. The van der Waals surface area contributed by atoms with Crippen molar-refractivity contribution in [2.75, 3.05) is 26.7 Å². The predicted molar refractivity (Wildman–Crippen MR) is 93.8 cm³/mol. The molecule has 1 fully saturated rings. The van der Waals surface area contributed by atoms with E-state index in [4.69, 9.17) is 0 Å². The first-order chi connectivity index (χ1) is 11.2. The zero-order valence-electron chi connectivity index (χ0n) is 13.2. The number of aromatic nitrogens is 2. The van der Waals surface area contributed by atoms with E-state index in [1.807, 2.05) is 42.4 Å². The molecule has 1 atom stereocenters. The highest BCUT2D eigenvalue weighted by Gasteiger charge is 2.24. The maximum atomic E-state index is 12.7. The lowest BCUT2D eigenvalue weighted by Gasteiger charge is -2.32. The van der Waals surface area contributed by atoms with Gasteiger partial charge in [-0.1, -0.05) is 22.0 Å². The van der Waals surface area contributed by atoms with Gasteiger partial charge < -0.3 is 10.2 Å². The first-order valence-corrected chi connectivity index (χ1v) is 8.71. The van der Waals surface area contributed by atoms with Gasteiger partial charge in [-0.2, -0.15) is 5.10 Å². The number of likely N-dealkylation sites (tertiary alicyclic amines) is 1. The molecule has 1 amide bonds. The molecule has 1 aliphatic heterocycles. The molecular formula is C17H21BrN4O. The summed E-state index contributed by atoms with van der Waals surface area (Å²) in [4.78, 5) is 14.7. The molecule has 0 aliphatic carbocycles. The van der Waals surface area contributed by atoms with Crippen LogP contribution in [-0.4, -0.2) is 47.3 Å². The van der Waals surface area contributed by atoms with Crippen molar-refractivity contribution in [1.29, 1.82) is 0 Å². The standard InChI is InChI=1S/C17H21BrN4O/c1-19-9-13-4-3-7-21(11-13)17(23)14-10-20-22(12-14)16-6-2-5-15(18)8-16/h2,5-6,8,10,12-13,19H,3-4,7,9,11H2,1H3/t13-/m1/s1. The number of nitrogens with zero attached hydrogens (tertiary/aromatic N) is 3. The third-order valence-corrected chi connectivity index (χ3v) is 4.69. The Morgan fingerprint density at radius 3 is 3.13 bits per heavy atom. The molecule has 5 nitrogen and oxygen atoms in total. The minimum absolute atomic E-state index is 0.0760. The van der Waals surface area contributed by atoms with Crippen LogP contribution >= 0.6 is 15.9 Å². The van der Waals surface area contributed by atoms with Crippen molar-refractivity contribution in [3.8, 4) is 5.69 Å². The third-order valence-electron chi connectivity index (χ3n) is 4.20. The molecule has 1 saturated heterocycles. The lowest BCUT2D eigenvalue weighted by molar-refractivity contribution is 0.0674. The van der Waals surface area contributed by atoms with Gasteiger partial charge in [0.25, 0.3) is 5.91 Å². The molecule has 6 heteroatoms. The Kier molecular flexibility index (Phi) is 5.13. The van der Waals surface area contributed by atoms with E-state index in [1.165, 1.54) is 6.42 Å². The van der Waals surface area contributed by atoms with Gasteiger partial charge in [0.15, 0.2) is 0 Å². The Bertz CT molecular complexity index is 683. The SMILES string of the molecule is CNC[C@H]1CCCN(C(=O)c2cnn(-c3cccc(Br)c3)c2)C1. The van der Waals surface area contributed by atoms with E-state index < -0.39 is 0 Å². The Morgan fingerprint density at radius 1 is 1.48 bits per heavy atom. The summed E-state index contributed by atoms with van der Waals surface area (Å²) in [6, 6.07) is 7.87. The highest BCUT2D eigenvalue weighted by molar-refractivity contribution is 9.10. The average Bonchev–Trinajstić information content (AvgIpc) is 3.05. The number of amides is 1. The van der Waals surface area contributed by atoms with Gasteiger partial charge in [0.1, 0.15) is 0 Å². The lowest BCUT2D eigenvalue weighted by Crippen LogP contribution is -2.42. The van der Waals surface area contributed by atoms with Gasteiger partial charge in [0, 0.05) is 23.8 Å². The molecule has 1 aromatic carbocycles. The van der Waals surface area contributed by atoms with Crippen LogP contribution in [0.3, 0.4) is 0 Å². The van der Waals surface area contributed by atoms with Crippen molar-refractivity contribution in [3.63, 3.8) is 0 Å². The highest BCUT2D eigenvalue weighted by Crippen LogP contribution is 2.19. The van der Waals surface area contributed by atoms with Crippen molar-refractivity contribution >= 4 is 21.8 Å². The molecule has 3 rings (SSSR count). The first kappa shape index (κ1) is 16.2. The predicted octanol–water partition coefficient (Wildman–Crippen LogP) is 2.71. The monoisotopic (exact) mass is 376 g/mol. The van der Waals surface area contributed by atoms with Crippen LogP contribution in [0, 0.1) is 5.92 Å². The third kappa shape index (κ3) is 3.82. The molecule has 0 radical (unpaired) electrons. The van der Waals surface area contributed by atoms with Crippen LogP contribution in [0.5, 0.6) is 0 Å². The zero-order chi connectivity index (χ0) is 16.2. The number of rotatable bonds is 4. The van der Waals surface area contributed by atoms with Crippen molar-refractivity contribution < 1.29 is 4.79 Å². The largest absolute Gasteiger partial charge is 0.338 e. The summed E-state index contributed by atoms with van der Waals surface area (Å²) in [6.45, 7) is 2.62. The highest BCUT2D eigenvalue weighted by atomic mass is 79.9. The van der Waals surface area contributed by atoms with Gasteiger partial charge in [-0.3, -0.25) is 4.79 Å². The summed E-state index contributed by atoms with van der Waals surface area (Å²) >= 11 is 3.46. The summed E-state index contributed by atoms with van der Waals surface area (Å²) in [6.07, 6.45) is 5.72. The van der Waals surface area contributed by atoms with E-state index in [0.717, 1.165) is 36.2 Å². The van der Waals surface area contributed by atoms with E-state index in [1.54, 1.807) is 10.9 Å². The molecule has 23 heavy (non-hydrogen) atoms. The fraction of sp³-hybridized carbons (Fsp3) is 0.412. The molecule has 1 aliphatic rings. The van der Waals surface area contributed by atoms with E-state index >= 15 is 0 Å². The topological polar surface area (TPSA) is 50.2 Å². The molecule has 0 saturated carbocycles. The number of piperidine rings is 1. The summed E-state index contributed by atoms with van der Waals surface area (Å²) < 4.78 is 2.73. The second kappa shape index (κ2) is 7.27. The maximum Gasteiger partial charge on any atom is 0.257 e. The van der Waals surface area contributed by atoms with E-state index in [-0.39, 0.29) is 5.91 Å². The van der Waals surface area contributed by atoms with Crippen molar-refractivity contribution in [2.45, 2.75) is 12.8 Å². The van der Waals surface area contributed by atoms with E-state index in [9.17, 15) is 4.79 Å². The zero-order valence-corrected chi connectivity index (χ0v) is 14.8. The molecule has 2 heterocycles. The molecule has 122 valence electrons. The number of halogens is 1. The van der Waals surface area contributed by atoms with E-state index in [0.29, 0.717) is 11.5 Å². The Balaban J connectivity index is 1.73. The van der Waals surface area contributed by atoms with Gasteiger partial charge in [0.2, 0.25) is 0 Å². The van der Waals surface area contributed by atoms with Crippen LogP contribution in [0.2, 0.25) is 0 Å². The maximum absolute atomic E-state index is 12.7. The molecule has 0 unspecified atom stereocenters. The second-order valence-electron chi connectivity index (χ2n) is 5.97. The molecule has 1 N–H and O–H groups in total. The van der Waals surface area contributed by atoms with Crippen molar-refractivity contribution in [2.24, 2.45) is 5.92 Å². The van der Waals surface area contributed by atoms with Crippen LogP contribution in [-0.2, 0) is 0 Å². The van der Waals surface area contributed by atoms with Crippen LogP contribution in [0.4, 0.5) is 0 Å². The van der Waals surface area contributed by atoms with Crippen LogP contribution in [0.25, 0.3) is 5.69 Å². The van der Waals surface area contributed by atoms with Gasteiger partial charge >= 0.3 is 0 Å². The van der Waals surface area contributed by atoms with Gasteiger partial charge in [-0.05, 0) is 50.6 Å². The first-order valence-electron chi connectivity index (χ1n) is 7.92. The Morgan fingerprint density at radius 2 is 2.35 bits per heavy atom. The van der Waals surface area contributed by atoms with Crippen LogP contribution in [0.1, 0.15) is 23.2 Å². The molecule has 0 bridgehead atoms. The molecule has 0 spiro atoms. The Labute approximate surface area is 144 Å². The van der Waals surface area contributed by atoms with Crippen molar-refractivity contribution in [1.82, 2.24) is 20.0 Å². The quantitative estimate of drug-likeness (QED) is 0.892. The summed E-state index contributed by atoms with van der Waals surface area (Å²) in [5.41, 5.74) is 1.58. The van der Waals surface area contributed by atoms with Gasteiger partial charge in [-0.25, -0.2) is 4.68 Å². The van der Waals surface area contributed by atoms with Gasteiger partial charge in [-0.15, -0.1) is 0 Å². The second-order valence-corrected chi connectivity index (χ2v) is 6.89. The fourth-order valence-corrected chi connectivity index (χ4v) is 3.47. The number of carbonyl (C=O) groups excluding carboxylic acids is 1. The van der Waals surface area contributed by atoms with Crippen molar-refractivity contribution in [3.05, 3.63) is 46.7 Å². The molecule has 1 aromatic heterocycles. The molecule has 2 aromatic rings. The molecular weight excluding hydrogens is 356 g/mol. The smallest absolute Gasteiger partial charge is 0.257 e. The summed E-state index contributed by atoms with van der Waals surface area (Å²) in [7, 11) is 1.96. The normalized spacial score (nSPS) is 18.2. The number of carbonyl (C=O) groups is 1. The van der Waals surface area contributed by atoms with Crippen LogP contribution in [0.15, 0.2) is 41.1 Å². The number of benzene rings is 1. The van der Waals surface area contributed by atoms with Crippen LogP contribution < -0.4 is 5.32 Å². The Hall–Kier alpha value is -1.66. The number of nitrogens with one attached hydrogen (secondary N) is 1. The van der Waals surface area contributed by atoms with E-state index in [2.05, 4.69) is 26.3 Å². The fourth-order valence-electron chi connectivity index (χ4n) is 3.08. The number of hydrogen-bond donors (Lipinski definition) is 1. The van der Waals surface area contributed by atoms with Gasteiger partial charge in [0.05, 0.1) is 17.4 Å². The average molecular weight is 377 g/mol. The minimum Gasteiger partial charge on any atom is -0.338 e. The lowest BCUT2D eigenvalue weighted by atomic mass is 9.97. The summed E-state index contributed by atoms with van der Waals surface area (Å²) in [5.74, 6) is 0.616. The summed E-state index contributed by atoms with van der Waals surface area (Å²) in [5, 5.41) is 7.54.